The van der Waals surface area contributed by atoms with Crippen LogP contribution in [0.4, 0.5) is 0 Å². The number of amides is 1. The molecule has 3 heteroatoms. The highest BCUT2D eigenvalue weighted by atomic mass is 16.2. The average Bonchev–Trinajstić information content (AvgIpc) is 2.27. The number of likely N-dealkylation sites (N-methyl/N-ethyl adjacent to an activating group) is 1. The number of carbonyl (C=O) groups is 1. The standard InChI is InChI=1S/C13H16N2O/c1-10-13(16)15(2)9-12(14-10)8-11-6-4-3-5-7-11/h3-7,12H,8-9H2,1-2H3/t12-/m0/s1. The molecular formula is C13H16N2O. The zero-order chi connectivity index (χ0) is 11.5. The van der Waals surface area contributed by atoms with Gasteiger partial charge in [0.1, 0.15) is 0 Å². The Balaban J connectivity index is 2.10. The molecule has 0 fully saturated rings. The summed E-state index contributed by atoms with van der Waals surface area (Å²) in [5.41, 5.74) is 1.89. The molecule has 3 nitrogen and oxygen atoms in total. The van der Waals surface area contributed by atoms with Gasteiger partial charge in [0.25, 0.3) is 5.91 Å². The number of nitrogens with zero attached hydrogens (tertiary/aromatic N) is 2. The second-order valence-corrected chi connectivity index (χ2v) is 4.24. The van der Waals surface area contributed by atoms with E-state index in [2.05, 4.69) is 17.1 Å². The highest BCUT2D eigenvalue weighted by molar-refractivity contribution is 6.38. The summed E-state index contributed by atoms with van der Waals surface area (Å²) in [4.78, 5) is 17.7. The molecule has 0 N–H and O–H groups in total. The van der Waals surface area contributed by atoms with Gasteiger partial charge in [-0.05, 0) is 18.9 Å². The van der Waals surface area contributed by atoms with Crippen LogP contribution in [0, 0.1) is 0 Å². The van der Waals surface area contributed by atoms with E-state index in [1.807, 2.05) is 25.2 Å². The first-order valence-corrected chi connectivity index (χ1v) is 5.50. The first-order chi connectivity index (χ1) is 7.66. The van der Waals surface area contributed by atoms with Crippen molar-refractivity contribution in [2.75, 3.05) is 13.6 Å². The lowest BCUT2D eigenvalue weighted by Crippen LogP contribution is -2.43. The Bertz CT molecular complexity index is 411. The van der Waals surface area contributed by atoms with E-state index in [0.29, 0.717) is 12.3 Å². The van der Waals surface area contributed by atoms with E-state index < -0.39 is 0 Å². The summed E-state index contributed by atoms with van der Waals surface area (Å²) in [5, 5.41) is 0. The zero-order valence-electron chi connectivity index (χ0n) is 9.68. The normalized spacial score (nSPS) is 20.9. The second kappa shape index (κ2) is 4.47. The van der Waals surface area contributed by atoms with Crippen molar-refractivity contribution in [1.29, 1.82) is 0 Å². The molecule has 1 aliphatic rings. The van der Waals surface area contributed by atoms with Gasteiger partial charge in [0.05, 0.1) is 11.8 Å². The molecule has 0 unspecified atom stereocenters. The van der Waals surface area contributed by atoms with Crippen molar-refractivity contribution in [3.05, 3.63) is 35.9 Å². The maximum atomic E-state index is 11.5. The first-order valence-electron chi connectivity index (χ1n) is 5.50. The van der Waals surface area contributed by atoms with Crippen LogP contribution in [0.15, 0.2) is 35.3 Å². The van der Waals surface area contributed by atoms with Gasteiger partial charge >= 0.3 is 0 Å². The number of carbonyl (C=O) groups excluding carboxylic acids is 1. The fourth-order valence-electron chi connectivity index (χ4n) is 2.04. The summed E-state index contributed by atoms with van der Waals surface area (Å²) in [6, 6.07) is 10.5. The van der Waals surface area contributed by atoms with Gasteiger partial charge in [-0.2, -0.15) is 0 Å². The summed E-state index contributed by atoms with van der Waals surface area (Å²) in [7, 11) is 1.83. The van der Waals surface area contributed by atoms with Crippen molar-refractivity contribution in [2.45, 2.75) is 19.4 Å². The summed E-state index contributed by atoms with van der Waals surface area (Å²) in [6.07, 6.45) is 0.899. The molecule has 16 heavy (non-hydrogen) atoms. The van der Waals surface area contributed by atoms with Crippen LogP contribution in [0.25, 0.3) is 0 Å². The van der Waals surface area contributed by atoms with Crippen LogP contribution in [0.1, 0.15) is 12.5 Å². The lowest BCUT2D eigenvalue weighted by atomic mass is 10.0. The third kappa shape index (κ3) is 2.30. The molecule has 1 aliphatic heterocycles. The van der Waals surface area contributed by atoms with Crippen molar-refractivity contribution in [3.8, 4) is 0 Å². The van der Waals surface area contributed by atoms with E-state index in [0.717, 1.165) is 6.42 Å². The Morgan fingerprint density at radius 2 is 2.06 bits per heavy atom. The van der Waals surface area contributed by atoms with Crippen molar-refractivity contribution in [3.63, 3.8) is 0 Å². The van der Waals surface area contributed by atoms with Crippen molar-refractivity contribution >= 4 is 11.6 Å². The molecule has 0 radical (unpaired) electrons. The minimum atomic E-state index is 0.0457. The van der Waals surface area contributed by atoms with E-state index >= 15 is 0 Å². The summed E-state index contributed by atoms with van der Waals surface area (Å²) in [5.74, 6) is 0.0457. The Morgan fingerprint density at radius 3 is 2.69 bits per heavy atom. The van der Waals surface area contributed by atoms with Crippen molar-refractivity contribution in [1.82, 2.24) is 4.90 Å². The molecule has 84 valence electrons. The van der Waals surface area contributed by atoms with Crippen LogP contribution in [-0.2, 0) is 11.2 Å². The minimum Gasteiger partial charge on any atom is -0.339 e. The van der Waals surface area contributed by atoms with Crippen molar-refractivity contribution in [2.24, 2.45) is 4.99 Å². The fourth-order valence-corrected chi connectivity index (χ4v) is 2.04. The van der Waals surface area contributed by atoms with Gasteiger partial charge in [-0.25, -0.2) is 0 Å². The van der Waals surface area contributed by atoms with Crippen LogP contribution >= 0.6 is 0 Å². The molecule has 0 aromatic heterocycles. The number of aliphatic imine (C=N–C) groups is 1. The smallest absolute Gasteiger partial charge is 0.267 e. The third-order valence-corrected chi connectivity index (χ3v) is 2.83. The monoisotopic (exact) mass is 216 g/mol. The van der Waals surface area contributed by atoms with Gasteiger partial charge in [-0.1, -0.05) is 30.3 Å². The lowest BCUT2D eigenvalue weighted by molar-refractivity contribution is -0.123. The molecule has 1 aromatic rings. The zero-order valence-corrected chi connectivity index (χ0v) is 9.68. The number of hydrogen-bond donors (Lipinski definition) is 0. The number of hydrogen-bond acceptors (Lipinski definition) is 2. The van der Waals surface area contributed by atoms with Crippen LogP contribution in [0.5, 0.6) is 0 Å². The van der Waals surface area contributed by atoms with E-state index in [1.165, 1.54) is 5.56 Å². The van der Waals surface area contributed by atoms with E-state index in [9.17, 15) is 4.79 Å². The van der Waals surface area contributed by atoms with Gasteiger partial charge in [0.15, 0.2) is 0 Å². The largest absolute Gasteiger partial charge is 0.339 e. The first kappa shape index (κ1) is 10.9. The molecule has 0 bridgehead atoms. The Hall–Kier alpha value is -1.64. The topological polar surface area (TPSA) is 32.7 Å². The highest BCUT2D eigenvalue weighted by Crippen LogP contribution is 2.11. The third-order valence-electron chi connectivity index (χ3n) is 2.83. The molecule has 0 aliphatic carbocycles. The molecule has 0 saturated heterocycles. The summed E-state index contributed by atoms with van der Waals surface area (Å²) in [6.45, 7) is 2.50. The van der Waals surface area contributed by atoms with E-state index in [4.69, 9.17) is 0 Å². The van der Waals surface area contributed by atoms with Crippen LogP contribution in [0.2, 0.25) is 0 Å². The Labute approximate surface area is 95.8 Å². The lowest BCUT2D eigenvalue weighted by Gasteiger charge is -2.27. The molecule has 1 heterocycles. The van der Waals surface area contributed by atoms with E-state index in [-0.39, 0.29) is 11.9 Å². The predicted octanol–water partition coefficient (Wildman–Crippen LogP) is 1.53. The maximum Gasteiger partial charge on any atom is 0.267 e. The maximum absolute atomic E-state index is 11.5. The predicted molar refractivity (Wildman–Crippen MR) is 64.7 cm³/mol. The number of benzene rings is 1. The SMILES string of the molecule is CC1=N[C@@H](Cc2ccccc2)CN(C)C1=O. The molecular weight excluding hydrogens is 200 g/mol. The van der Waals surface area contributed by atoms with Crippen LogP contribution < -0.4 is 0 Å². The van der Waals surface area contributed by atoms with Gasteiger partial charge in [0, 0.05) is 13.6 Å². The summed E-state index contributed by atoms with van der Waals surface area (Å²) < 4.78 is 0. The van der Waals surface area contributed by atoms with E-state index in [1.54, 1.807) is 11.8 Å². The quantitative estimate of drug-likeness (QED) is 0.738. The second-order valence-electron chi connectivity index (χ2n) is 4.24. The van der Waals surface area contributed by atoms with Gasteiger partial charge < -0.3 is 4.90 Å². The number of rotatable bonds is 2. The molecule has 2 rings (SSSR count). The molecule has 1 atom stereocenters. The average molecular weight is 216 g/mol. The minimum absolute atomic E-state index is 0.0457. The molecule has 0 saturated carbocycles. The van der Waals surface area contributed by atoms with Gasteiger partial charge in [-0.15, -0.1) is 0 Å². The molecule has 0 spiro atoms. The molecule has 1 amide bonds. The van der Waals surface area contributed by atoms with Crippen molar-refractivity contribution < 1.29 is 4.79 Å². The van der Waals surface area contributed by atoms with Crippen LogP contribution in [-0.4, -0.2) is 36.2 Å². The van der Waals surface area contributed by atoms with Gasteiger partial charge in [-0.3, -0.25) is 9.79 Å². The fraction of sp³-hybridized carbons (Fsp3) is 0.385. The highest BCUT2D eigenvalue weighted by Gasteiger charge is 2.23. The Kier molecular flexibility index (Phi) is 3.04. The van der Waals surface area contributed by atoms with Crippen LogP contribution in [0.3, 0.4) is 0 Å². The Morgan fingerprint density at radius 1 is 1.38 bits per heavy atom. The van der Waals surface area contributed by atoms with Gasteiger partial charge in [0.2, 0.25) is 0 Å². The summed E-state index contributed by atoms with van der Waals surface area (Å²) >= 11 is 0. The molecule has 1 aromatic carbocycles.